The highest BCUT2D eigenvalue weighted by Gasteiger charge is 2.40. The first kappa shape index (κ1) is 18.3. The van der Waals surface area contributed by atoms with Crippen LogP contribution in [0.2, 0.25) is 0 Å². The molecule has 8 nitrogen and oxygen atoms in total. The summed E-state index contributed by atoms with van der Waals surface area (Å²) in [6.45, 7) is 0.960. The Morgan fingerprint density at radius 3 is 2.16 bits per heavy atom. The van der Waals surface area contributed by atoms with Gasteiger partial charge in [0.2, 0.25) is 20.0 Å². The standard InChI is InChI=1S/C15H20N2O6S2/c18-15(19)14-7-4-10-17(14)25(22,23)13-6-3-5-12(11-13)24(20,21)16-8-1-2-9-16/h3,5-6,11,14H,1-2,4,7-10H2,(H,18,19). The highest BCUT2D eigenvalue weighted by atomic mass is 32.2. The fourth-order valence-electron chi connectivity index (χ4n) is 3.28. The average molecular weight is 388 g/mol. The molecule has 0 radical (unpaired) electrons. The molecule has 1 atom stereocenters. The number of carbonyl (C=O) groups is 1. The summed E-state index contributed by atoms with van der Waals surface area (Å²) in [7, 11) is -7.81. The van der Waals surface area contributed by atoms with Crippen molar-refractivity contribution in [3.05, 3.63) is 24.3 Å². The van der Waals surface area contributed by atoms with E-state index in [2.05, 4.69) is 0 Å². The van der Waals surface area contributed by atoms with Crippen molar-refractivity contribution in [2.24, 2.45) is 0 Å². The number of hydrogen-bond donors (Lipinski definition) is 1. The lowest BCUT2D eigenvalue weighted by atomic mass is 10.2. The molecule has 1 unspecified atom stereocenters. The van der Waals surface area contributed by atoms with Crippen molar-refractivity contribution < 1.29 is 26.7 Å². The zero-order valence-electron chi connectivity index (χ0n) is 13.5. The van der Waals surface area contributed by atoms with Crippen LogP contribution in [0.25, 0.3) is 0 Å². The number of rotatable bonds is 5. The summed E-state index contributed by atoms with van der Waals surface area (Å²) in [5, 5.41) is 9.21. The summed E-state index contributed by atoms with van der Waals surface area (Å²) < 4.78 is 53.2. The van der Waals surface area contributed by atoms with Crippen LogP contribution in [0.3, 0.4) is 0 Å². The maximum absolute atomic E-state index is 12.8. The van der Waals surface area contributed by atoms with Crippen LogP contribution in [-0.2, 0) is 24.8 Å². The molecule has 0 amide bonds. The normalized spacial score (nSPS) is 23.1. The lowest BCUT2D eigenvalue weighted by Crippen LogP contribution is -2.40. The molecule has 1 N–H and O–H groups in total. The summed E-state index contributed by atoms with van der Waals surface area (Å²) >= 11 is 0. The molecule has 10 heteroatoms. The molecule has 0 saturated carbocycles. The molecule has 2 aliphatic heterocycles. The van der Waals surface area contributed by atoms with Crippen molar-refractivity contribution in [1.82, 2.24) is 8.61 Å². The molecule has 2 saturated heterocycles. The van der Waals surface area contributed by atoms with Gasteiger partial charge in [-0.1, -0.05) is 6.07 Å². The number of nitrogens with zero attached hydrogens (tertiary/aromatic N) is 2. The number of carboxylic acid groups (broad SMARTS) is 1. The first-order chi connectivity index (χ1) is 11.7. The van der Waals surface area contributed by atoms with Crippen molar-refractivity contribution in [3.63, 3.8) is 0 Å². The van der Waals surface area contributed by atoms with Crippen LogP contribution in [0.1, 0.15) is 25.7 Å². The third kappa shape index (κ3) is 3.31. The Kier molecular flexibility index (Phi) is 4.89. The molecule has 2 heterocycles. The van der Waals surface area contributed by atoms with Gasteiger partial charge in [-0.2, -0.15) is 8.61 Å². The topological polar surface area (TPSA) is 112 Å². The molecule has 1 aromatic rings. The van der Waals surface area contributed by atoms with Crippen LogP contribution in [0.5, 0.6) is 0 Å². The molecule has 0 aromatic heterocycles. The largest absolute Gasteiger partial charge is 0.480 e. The van der Waals surface area contributed by atoms with Gasteiger partial charge in [0.1, 0.15) is 6.04 Å². The summed E-state index contributed by atoms with van der Waals surface area (Å²) in [5.74, 6) is -1.19. The zero-order chi connectivity index (χ0) is 18.2. The lowest BCUT2D eigenvalue weighted by Gasteiger charge is -2.21. The number of hydrogen-bond acceptors (Lipinski definition) is 5. The van der Waals surface area contributed by atoms with Gasteiger partial charge in [-0.05, 0) is 43.9 Å². The Balaban J connectivity index is 1.97. The minimum atomic E-state index is -4.07. The van der Waals surface area contributed by atoms with Crippen LogP contribution >= 0.6 is 0 Å². The third-order valence-corrected chi connectivity index (χ3v) is 8.40. The predicted molar refractivity (Wildman–Crippen MR) is 89.0 cm³/mol. The molecule has 1 aromatic carbocycles. The fraction of sp³-hybridized carbons (Fsp3) is 0.533. The van der Waals surface area contributed by atoms with E-state index in [0.717, 1.165) is 23.2 Å². The molecule has 3 rings (SSSR count). The van der Waals surface area contributed by atoms with Crippen LogP contribution in [0.4, 0.5) is 0 Å². The van der Waals surface area contributed by atoms with E-state index in [-0.39, 0.29) is 22.8 Å². The summed E-state index contributed by atoms with van der Waals surface area (Å²) in [5.41, 5.74) is 0. The SMILES string of the molecule is O=C(O)C1CCCN1S(=O)(=O)c1cccc(S(=O)(=O)N2CCCC2)c1. The first-order valence-electron chi connectivity index (χ1n) is 8.09. The third-order valence-electron chi connectivity index (χ3n) is 4.60. The summed E-state index contributed by atoms with van der Waals surface area (Å²) in [6.07, 6.45) is 2.28. The van der Waals surface area contributed by atoms with Crippen molar-refractivity contribution in [2.75, 3.05) is 19.6 Å². The minimum Gasteiger partial charge on any atom is -0.480 e. The first-order valence-corrected chi connectivity index (χ1v) is 11.0. The average Bonchev–Trinajstić information content (AvgIpc) is 3.26. The van der Waals surface area contributed by atoms with Gasteiger partial charge in [-0.3, -0.25) is 4.79 Å². The molecular formula is C15H20N2O6S2. The Bertz CT molecular complexity index is 875. The molecule has 25 heavy (non-hydrogen) atoms. The van der Waals surface area contributed by atoms with Crippen LogP contribution in [0.15, 0.2) is 34.1 Å². The van der Waals surface area contributed by atoms with E-state index in [4.69, 9.17) is 0 Å². The van der Waals surface area contributed by atoms with E-state index < -0.39 is 32.1 Å². The van der Waals surface area contributed by atoms with Crippen molar-refractivity contribution in [3.8, 4) is 0 Å². The van der Waals surface area contributed by atoms with Gasteiger partial charge in [-0.15, -0.1) is 0 Å². The van der Waals surface area contributed by atoms with Crippen LogP contribution in [-0.4, -0.2) is 62.2 Å². The molecule has 0 spiro atoms. The highest BCUT2D eigenvalue weighted by molar-refractivity contribution is 7.90. The van der Waals surface area contributed by atoms with Crippen molar-refractivity contribution in [1.29, 1.82) is 0 Å². The molecule has 138 valence electrons. The lowest BCUT2D eigenvalue weighted by molar-refractivity contribution is -0.140. The van der Waals surface area contributed by atoms with E-state index in [1.54, 1.807) is 0 Å². The van der Waals surface area contributed by atoms with Crippen molar-refractivity contribution >= 4 is 26.0 Å². The van der Waals surface area contributed by atoms with Crippen molar-refractivity contribution in [2.45, 2.75) is 41.5 Å². The minimum absolute atomic E-state index is 0.0819. The molecule has 2 fully saturated rings. The maximum Gasteiger partial charge on any atom is 0.322 e. The van der Waals surface area contributed by atoms with E-state index in [1.807, 2.05) is 0 Å². The monoisotopic (exact) mass is 388 g/mol. The van der Waals surface area contributed by atoms with Gasteiger partial charge >= 0.3 is 5.97 Å². The second-order valence-electron chi connectivity index (χ2n) is 6.20. The second-order valence-corrected chi connectivity index (χ2v) is 10.0. The van der Waals surface area contributed by atoms with Gasteiger partial charge in [0.15, 0.2) is 0 Å². The van der Waals surface area contributed by atoms with Crippen LogP contribution in [0, 0.1) is 0 Å². The van der Waals surface area contributed by atoms with Gasteiger partial charge in [0.05, 0.1) is 9.79 Å². The van der Waals surface area contributed by atoms with E-state index in [0.29, 0.717) is 19.5 Å². The molecular weight excluding hydrogens is 368 g/mol. The quantitative estimate of drug-likeness (QED) is 0.795. The second kappa shape index (κ2) is 6.67. The Morgan fingerprint density at radius 1 is 0.960 bits per heavy atom. The fourth-order valence-corrected chi connectivity index (χ4v) is 6.62. The molecule has 0 bridgehead atoms. The zero-order valence-corrected chi connectivity index (χ0v) is 15.2. The van der Waals surface area contributed by atoms with Gasteiger partial charge in [0.25, 0.3) is 0 Å². The predicted octanol–water partition coefficient (Wildman–Crippen LogP) is 0.709. The van der Waals surface area contributed by atoms with Crippen LogP contribution < -0.4 is 0 Å². The Morgan fingerprint density at radius 2 is 1.56 bits per heavy atom. The van der Waals surface area contributed by atoms with Gasteiger partial charge in [-0.25, -0.2) is 16.8 Å². The Hall–Kier alpha value is -1.49. The van der Waals surface area contributed by atoms with E-state index in [1.165, 1.54) is 22.5 Å². The molecule has 2 aliphatic rings. The smallest absolute Gasteiger partial charge is 0.322 e. The summed E-state index contributed by atoms with van der Waals surface area (Å²) in [6, 6.07) is 4.06. The van der Waals surface area contributed by atoms with Gasteiger partial charge < -0.3 is 5.11 Å². The number of carboxylic acids is 1. The number of benzene rings is 1. The highest BCUT2D eigenvalue weighted by Crippen LogP contribution is 2.28. The number of aliphatic carboxylic acids is 1. The Labute approximate surface area is 147 Å². The maximum atomic E-state index is 12.8. The number of sulfonamides is 2. The summed E-state index contributed by atoms with van der Waals surface area (Å²) in [4.78, 5) is 11.0. The molecule has 0 aliphatic carbocycles. The van der Waals surface area contributed by atoms with E-state index >= 15 is 0 Å². The van der Waals surface area contributed by atoms with E-state index in [9.17, 15) is 26.7 Å². The van der Waals surface area contributed by atoms with Gasteiger partial charge in [0, 0.05) is 19.6 Å².